The molecule has 0 aliphatic heterocycles. The predicted molar refractivity (Wildman–Crippen MR) is 134 cm³/mol. The zero-order valence-electron chi connectivity index (χ0n) is 18.8. The molecule has 34 heavy (non-hydrogen) atoms. The molecule has 0 saturated carbocycles. The number of hydrogen-bond acceptors (Lipinski definition) is 5. The first-order chi connectivity index (χ1) is 16.5. The first kappa shape index (κ1) is 21.2. The molecule has 0 aliphatic rings. The molecule has 0 saturated heterocycles. The molecule has 0 aliphatic carbocycles. The SMILES string of the molecule is CN(C)C(=O)c1ccccc1-c1cnc(-c2ccc(Oc3ccccc3)cc2)c2c(N)n[nH]c12. The number of benzene rings is 3. The van der Waals surface area contributed by atoms with E-state index in [0.29, 0.717) is 22.5 Å². The molecule has 2 heterocycles. The number of aromatic amines is 1. The molecule has 3 N–H and O–H groups in total. The number of ether oxygens (including phenoxy) is 1. The summed E-state index contributed by atoms with van der Waals surface area (Å²) in [6.07, 6.45) is 1.76. The Morgan fingerprint density at radius 2 is 1.56 bits per heavy atom. The number of amides is 1. The summed E-state index contributed by atoms with van der Waals surface area (Å²) in [6, 6.07) is 24.7. The average Bonchev–Trinajstić information content (AvgIpc) is 3.26. The Bertz CT molecular complexity index is 1470. The minimum Gasteiger partial charge on any atom is -0.457 e. The van der Waals surface area contributed by atoms with Gasteiger partial charge in [-0.25, -0.2) is 0 Å². The quantitative estimate of drug-likeness (QED) is 0.376. The summed E-state index contributed by atoms with van der Waals surface area (Å²) in [5, 5.41) is 7.99. The molecule has 2 aromatic heterocycles. The Morgan fingerprint density at radius 1 is 0.882 bits per heavy atom. The van der Waals surface area contributed by atoms with Crippen LogP contribution in [0.2, 0.25) is 0 Å². The van der Waals surface area contributed by atoms with Crippen LogP contribution in [-0.2, 0) is 0 Å². The summed E-state index contributed by atoms with van der Waals surface area (Å²) in [5.74, 6) is 1.75. The minimum absolute atomic E-state index is 0.0886. The molecule has 0 fully saturated rings. The zero-order valence-corrected chi connectivity index (χ0v) is 18.8. The van der Waals surface area contributed by atoms with Gasteiger partial charge in [0.2, 0.25) is 0 Å². The summed E-state index contributed by atoms with van der Waals surface area (Å²) in [4.78, 5) is 19.1. The van der Waals surface area contributed by atoms with Gasteiger partial charge in [0.05, 0.1) is 16.6 Å². The van der Waals surface area contributed by atoms with Crippen LogP contribution in [0, 0.1) is 0 Å². The van der Waals surface area contributed by atoms with Gasteiger partial charge in [-0.1, -0.05) is 36.4 Å². The molecule has 0 unspecified atom stereocenters. The first-order valence-electron chi connectivity index (χ1n) is 10.8. The molecule has 0 radical (unpaired) electrons. The topological polar surface area (TPSA) is 97.1 Å². The van der Waals surface area contributed by atoms with Gasteiger partial charge in [-0.3, -0.25) is 14.9 Å². The van der Waals surface area contributed by atoms with Gasteiger partial charge < -0.3 is 15.4 Å². The van der Waals surface area contributed by atoms with Crippen LogP contribution in [0.1, 0.15) is 10.4 Å². The highest BCUT2D eigenvalue weighted by molar-refractivity contribution is 6.09. The van der Waals surface area contributed by atoms with Crippen LogP contribution in [-0.4, -0.2) is 40.1 Å². The van der Waals surface area contributed by atoms with E-state index in [9.17, 15) is 4.79 Å². The Labute approximate surface area is 196 Å². The summed E-state index contributed by atoms with van der Waals surface area (Å²) in [6.45, 7) is 0. The normalized spacial score (nSPS) is 10.9. The van der Waals surface area contributed by atoms with E-state index in [1.807, 2.05) is 78.9 Å². The second-order valence-corrected chi connectivity index (χ2v) is 8.06. The van der Waals surface area contributed by atoms with Gasteiger partial charge >= 0.3 is 0 Å². The van der Waals surface area contributed by atoms with Crippen LogP contribution in [0.15, 0.2) is 85.1 Å². The average molecular weight is 450 g/mol. The van der Waals surface area contributed by atoms with Crippen LogP contribution < -0.4 is 10.5 Å². The number of nitrogens with two attached hydrogens (primary N) is 1. The molecule has 7 heteroatoms. The fraction of sp³-hybridized carbons (Fsp3) is 0.0741. The fourth-order valence-corrected chi connectivity index (χ4v) is 3.92. The number of carbonyl (C=O) groups is 1. The molecular weight excluding hydrogens is 426 g/mol. The van der Waals surface area contributed by atoms with Crippen LogP contribution in [0.25, 0.3) is 33.3 Å². The number of aromatic nitrogens is 3. The van der Waals surface area contributed by atoms with Gasteiger partial charge in [-0.2, -0.15) is 5.10 Å². The van der Waals surface area contributed by atoms with Crippen LogP contribution in [0.3, 0.4) is 0 Å². The van der Waals surface area contributed by atoms with Gasteiger partial charge in [-0.15, -0.1) is 0 Å². The highest BCUT2D eigenvalue weighted by atomic mass is 16.5. The van der Waals surface area contributed by atoms with Crippen molar-refractivity contribution in [1.82, 2.24) is 20.1 Å². The van der Waals surface area contributed by atoms with E-state index in [-0.39, 0.29) is 5.91 Å². The third-order valence-electron chi connectivity index (χ3n) is 5.58. The molecular formula is C27H23N5O2. The zero-order chi connectivity index (χ0) is 23.7. The lowest BCUT2D eigenvalue weighted by atomic mass is 9.97. The number of rotatable bonds is 5. The van der Waals surface area contributed by atoms with E-state index in [0.717, 1.165) is 33.7 Å². The van der Waals surface area contributed by atoms with E-state index in [4.69, 9.17) is 15.5 Å². The van der Waals surface area contributed by atoms with Gasteiger partial charge in [0.25, 0.3) is 5.91 Å². The number of nitrogens with one attached hydrogen (secondary N) is 1. The van der Waals surface area contributed by atoms with Gasteiger partial charge in [0.1, 0.15) is 11.5 Å². The van der Waals surface area contributed by atoms with E-state index < -0.39 is 0 Å². The maximum absolute atomic E-state index is 12.8. The van der Waals surface area contributed by atoms with Crippen LogP contribution in [0.4, 0.5) is 5.82 Å². The smallest absolute Gasteiger partial charge is 0.253 e. The number of nitrogen functional groups attached to an aromatic ring is 1. The second kappa shape index (κ2) is 8.71. The highest BCUT2D eigenvalue weighted by Gasteiger charge is 2.20. The van der Waals surface area contributed by atoms with Crippen molar-refractivity contribution in [3.05, 3.63) is 90.6 Å². The molecule has 1 amide bonds. The van der Waals surface area contributed by atoms with Gasteiger partial charge in [0, 0.05) is 37.0 Å². The van der Waals surface area contributed by atoms with E-state index in [1.165, 1.54) is 0 Å². The Kier molecular flexibility index (Phi) is 5.43. The largest absolute Gasteiger partial charge is 0.457 e. The minimum atomic E-state index is -0.0886. The van der Waals surface area contributed by atoms with E-state index >= 15 is 0 Å². The molecule has 3 aromatic carbocycles. The third kappa shape index (κ3) is 3.84. The van der Waals surface area contributed by atoms with Crippen molar-refractivity contribution in [2.75, 3.05) is 19.8 Å². The molecule has 5 rings (SSSR count). The van der Waals surface area contributed by atoms with Gasteiger partial charge in [-0.05, 0) is 48.0 Å². The maximum Gasteiger partial charge on any atom is 0.253 e. The van der Waals surface area contributed by atoms with Crippen molar-refractivity contribution in [3.8, 4) is 33.9 Å². The lowest BCUT2D eigenvalue weighted by Gasteiger charge is -2.15. The van der Waals surface area contributed by atoms with E-state index in [2.05, 4.69) is 10.2 Å². The Morgan fingerprint density at radius 3 is 2.29 bits per heavy atom. The first-order valence-corrected chi connectivity index (χ1v) is 10.8. The number of hydrogen-bond donors (Lipinski definition) is 2. The Hall–Kier alpha value is -4.65. The summed E-state index contributed by atoms with van der Waals surface area (Å²) in [7, 11) is 3.46. The molecule has 0 bridgehead atoms. The summed E-state index contributed by atoms with van der Waals surface area (Å²) < 4.78 is 5.90. The van der Waals surface area contributed by atoms with Crippen molar-refractivity contribution >= 4 is 22.6 Å². The van der Waals surface area contributed by atoms with Crippen molar-refractivity contribution in [2.45, 2.75) is 0 Å². The van der Waals surface area contributed by atoms with Crippen molar-refractivity contribution in [3.63, 3.8) is 0 Å². The monoisotopic (exact) mass is 449 g/mol. The number of nitrogens with zero attached hydrogens (tertiary/aromatic N) is 3. The number of H-pyrrole nitrogens is 1. The van der Waals surface area contributed by atoms with Crippen molar-refractivity contribution in [1.29, 1.82) is 0 Å². The summed E-state index contributed by atoms with van der Waals surface area (Å²) in [5.41, 5.74) is 10.7. The molecule has 5 aromatic rings. The number of para-hydroxylation sites is 1. The van der Waals surface area contributed by atoms with Gasteiger partial charge in [0.15, 0.2) is 5.82 Å². The lowest BCUT2D eigenvalue weighted by Crippen LogP contribution is -2.22. The number of fused-ring (bicyclic) bond motifs is 1. The predicted octanol–water partition coefficient (Wildman–Crippen LogP) is 5.37. The Balaban J connectivity index is 1.57. The fourth-order valence-electron chi connectivity index (χ4n) is 3.92. The van der Waals surface area contributed by atoms with Crippen LogP contribution >= 0.6 is 0 Å². The number of pyridine rings is 1. The number of carbonyl (C=O) groups excluding carboxylic acids is 1. The van der Waals surface area contributed by atoms with E-state index in [1.54, 1.807) is 25.2 Å². The molecule has 168 valence electrons. The summed E-state index contributed by atoms with van der Waals surface area (Å²) >= 11 is 0. The highest BCUT2D eigenvalue weighted by Crippen LogP contribution is 2.37. The number of anilines is 1. The lowest BCUT2D eigenvalue weighted by molar-refractivity contribution is 0.0828. The van der Waals surface area contributed by atoms with Crippen LogP contribution in [0.5, 0.6) is 11.5 Å². The van der Waals surface area contributed by atoms with Crippen molar-refractivity contribution < 1.29 is 9.53 Å². The second-order valence-electron chi connectivity index (χ2n) is 8.06. The molecule has 7 nitrogen and oxygen atoms in total. The maximum atomic E-state index is 12.8. The van der Waals surface area contributed by atoms with Crippen molar-refractivity contribution in [2.24, 2.45) is 0 Å². The standard InChI is InChI=1S/C27H23N5O2/c1-32(2)27(33)21-11-7-6-10-20(21)22-16-29-24(23-25(22)30-31-26(23)28)17-12-14-19(15-13-17)34-18-8-4-3-5-9-18/h3-16H,1-2H3,(H3,28,30,31). The third-order valence-corrected chi connectivity index (χ3v) is 5.58. The molecule has 0 spiro atoms. The molecule has 0 atom stereocenters.